The molecule has 1 aliphatic rings. The van der Waals surface area contributed by atoms with Crippen LogP contribution in [0.15, 0.2) is 58.4 Å². The summed E-state index contributed by atoms with van der Waals surface area (Å²) in [6.07, 6.45) is 3.20. The number of hydrogen-bond donors (Lipinski definition) is 0. The van der Waals surface area contributed by atoms with E-state index in [1.165, 1.54) is 22.8 Å². The minimum absolute atomic E-state index is 0.113. The van der Waals surface area contributed by atoms with E-state index < -0.39 is 21.9 Å². The largest absolute Gasteiger partial charge is 0.465 e. The topological polar surface area (TPSA) is 98.0 Å². The number of carbonyl (C=O) groups excluding carboxylic acids is 2. The highest BCUT2D eigenvalue weighted by Crippen LogP contribution is 2.25. The van der Waals surface area contributed by atoms with Crippen LogP contribution in [0.4, 0.5) is 0 Å². The fourth-order valence-electron chi connectivity index (χ4n) is 4.09. The predicted octanol–water partition coefficient (Wildman–Crippen LogP) is 3.38. The average Bonchev–Trinajstić information content (AvgIpc) is 3.23. The molecule has 1 atom stereocenters. The first-order valence-electron chi connectivity index (χ1n) is 11.2. The van der Waals surface area contributed by atoms with Gasteiger partial charge in [0.05, 0.1) is 33.7 Å². The minimum atomic E-state index is -3.67. The second-order valence-electron chi connectivity index (χ2n) is 8.17. The molecule has 1 saturated heterocycles. The Kier molecular flexibility index (Phi) is 8.10. The summed E-state index contributed by atoms with van der Waals surface area (Å²) in [5.74, 6) is -0.423. The van der Waals surface area contributed by atoms with Crippen LogP contribution in [-0.2, 0) is 26.1 Å². The van der Waals surface area contributed by atoms with Crippen molar-refractivity contribution in [2.75, 3.05) is 32.2 Å². The van der Waals surface area contributed by atoms with Gasteiger partial charge in [-0.25, -0.2) is 13.2 Å². The number of thiazole rings is 1. The lowest BCUT2D eigenvalue weighted by Crippen LogP contribution is -2.42. The van der Waals surface area contributed by atoms with E-state index in [9.17, 15) is 18.0 Å². The Morgan fingerprint density at radius 3 is 2.69 bits per heavy atom. The van der Waals surface area contributed by atoms with Gasteiger partial charge in [0.1, 0.15) is 0 Å². The third kappa shape index (κ3) is 5.53. The van der Waals surface area contributed by atoms with Gasteiger partial charge in [-0.1, -0.05) is 29.5 Å². The van der Waals surface area contributed by atoms with Gasteiger partial charge in [-0.05, 0) is 49.4 Å². The lowest BCUT2D eigenvalue weighted by molar-refractivity contribution is -0.122. The molecule has 2 heterocycles. The minimum Gasteiger partial charge on any atom is -0.465 e. The van der Waals surface area contributed by atoms with Crippen molar-refractivity contribution in [2.45, 2.75) is 24.3 Å². The second kappa shape index (κ2) is 11.1. The Hall–Kier alpha value is -2.47. The van der Waals surface area contributed by atoms with Crippen molar-refractivity contribution in [3.63, 3.8) is 0 Å². The van der Waals surface area contributed by atoms with Crippen LogP contribution in [0.3, 0.4) is 0 Å². The zero-order valence-electron chi connectivity index (χ0n) is 19.5. The number of aryl methyl sites for hydroxylation is 1. The van der Waals surface area contributed by atoms with Gasteiger partial charge in [-0.2, -0.15) is 21.1 Å². The van der Waals surface area contributed by atoms with Crippen molar-refractivity contribution in [1.82, 2.24) is 8.87 Å². The van der Waals surface area contributed by atoms with Gasteiger partial charge >= 0.3 is 5.97 Å². The number of fused-ring (bicyclic) bond motifs is 1. The van der Waals surface area contributed by atoms with Gasteiger partial charge in [-0.15, -0.1) is 0 Å². The standard InChI is InChI=1S/C24H27N3O5S3/c1-32-23(29)17-10-11-20-21(15-17)34-24(27(20)13-14-33-2)25-22(28)18-7-6-12-26(16-18)35(30,31)19-8-4-3-5-9-19/h3-5,8-11,15,18H,6-7,12-14,16H2,1-2H3. The zero-order chi connectivity index (χ0) is 25.0. The van der Waals surface area contributed by atoms with Gasteiger partial charge in [0.2, 0.25) is 10.0 Å². The maximum atomic E-state index is 13.2. The molecule has 1 amide bonds. The predicted molar refractivity (Wildman–Crippen MR) is 138 cm³/mol. The Morgan fingerprint density at radius 1 is 1.20 bits per heavy atom. The Bertz CT molecular complexity index is 1400. The number of thioether (sulfide) groups is 1. The molecule has 3 aromatic rings. The number of amides is 1. The van der Waals surface area contributed by atoms with Crippen LogP contribution < -0.4 is 4.80 Å². The molecule has 1 unspecified atom stereocenters. The van der Waals surface area contributed by atoms with Gasteiger partial charge in [0, 0.05) is 25.4 Å². The van der Waals surface area contributed by atoms with Gasteiger partial charge in [-0.3, -0.25) is 4.79 Å². The van der Waals surface area contributed by atoms with Crippen molar-refractivity contribution >= 4 is 55.2 Å². The number of benzene rings is 2. The maximum absolute atomic E-state index is 13.2. The van der Waals surface area contributed by atoms with E-state index in [2.05, 4.69) is 4.99 Å². The summed E-state index contributed by atoms with van der Waals surface area (Å²) in [5.41, 5.74) is 1.32. The van der Waals surface area contributed by atoms with Gasteiger partial charge in [0.15, 0.2) is 4.80 Å². The number of sulfonamides is 1. The normalized spacial score (nSPS) is 17.5. The fourth-order valence-corrected chi connectivity index (χ4v) is 7.10. The molecule has 1 aromatic heterocycles. The molecule has 0 radical (unpaired) electrons. The summed E-state index contributed by atoms with van der Waals surface area (Å²) >= 11 is 3.02. The quantitative estimate of drug-likeness (QED) is 0.432. The van der Waals surface area contributed by atoms with Crippen LogP contribution >= 0.6 is 23.1 Å². The first kappa shape index (κ1) is 25.6. The number of nitrogens with zero attached hydrogens (tertiary/aromatic N) is 3. The fraction of sp³-hybridized carbons (Fsp3) is 0.375. The van der Waals surface area contributed by atoms with Gasteiger partial charge in [0.25, 0.3) is 5.91 Å². The number of piperidine rings is 1. The highest BCUT2D eigenvalue weighted by molar-refractivity contribution is 7.98. The molecule has 1 fully saturated rings. The van der Waals surface area contributed by atoms with Crippen LogP contribution in [0.2, 0.25) is 0 Å². The SMILES string of the molecule is COC(=O)c1ccc2c(c1)sc(=NC(=O)C1CCCN(S(=O)(=O)c3ccccc3)C1)n2CCSC. The van der Waals surface area contributed by atoms with E-state index in [-0.39, 0.29) is 17.3 Å². The Balaban J connectivity index is 1.65. The molecule has 0 spiro atoms. The van der Waals surface area contributed by atoms with Crippen molar-refractivity contribution < 1.29 is 22.7 Å². The molecule has 186 valence electrons. The van der Waals surface area contributed by atoms with E-state index in [4.69, 9.17) is 4.74 Å². The van der Waals surface area contributed by atoms with E-state index in [1.807, 2.05) is 16.9 Å². The second-order valence-corrected chi connectivity index (χ2v) is 12.1. The average molecular weight is 534 g/mol. The molecule has 0 N–H and O–H groups in total. The summed E-state index contributed by atoms with van der Waals surface area (Å²) in [6, 6.07) is 13.6. The molecule has 1 aliphatic heterocycles. The smallest absolute Gasteiger partial charge is 0.337 e. The molecule has 0 aliphatic carbocycles. The molecule has 11 heteroatoms. The third-order valence-electron chi connectivity index (χ3n) is 5.94. The van der Waals surface area contributed by atoms with E-state index in [0.717, 1.165) is 16.0 Å². The molecule has 2 aromatic carbocycles. The van der Waals surface area contributed by atoms with E-state index in [1.54, 1.807) is 54.2 Å². The van der Waals surface area contributed by atoms with E-state index >= 15 is 0 Å². The summed E-state index contributed by atoms with van der Waals surface area (Å²) in [6.45, 7) is 1.15. The van der Waals surface area contributed by atoms with E-state index in [0.29, 0.717) is 36.3 Å². The molecule has 8 nitrogen and oxygen atoms in total. The molecule has 4 rings (SSSR count). The van der Waals surface area contributed by atoms with Crippen molar-refractivity contribution in [3.8, 4) is 0 Å². The molecule has 0 bridgehead atoms. The number of esters is 1. The van der Waals surface area contributed by atoms with Gasteiger partial charge < -0.3 is 9.30 Å². The summed E-state index contributed by atoms with van der Waals surface area (Å²) < 4.78 is 35.1. The number of aromatic nitrogens is 1. The van der Waals surface area contributed by atoms with Crippen LogP contribution in [0, 0.1) is 5.92 Å². The number of rotatable bonds is 7. The molecule has 0 saturated carbocycles. The molecular formula is C24H27N3O5S3. The number of carbonyl (C=O) groups is 2. The van der Waals surface area contributed by atoms with Crippen molar-refractivity contribution in [3.05, 3.63) is 58.9 Å². The lowest BCUT2D eigenvalue weighted by atomic mass is 9.99. The Labute approximate surface area is 212 Å². The van der Waals surface area contributed by atoms with Crippen LogP contribution in [-0.4, -0.2) is 61.4 Å². The monoisotopic (exact) mass is 533 g/mol. The lowest BCUT2D eigenvalue weighted by Gasteiger charge is -2.30. The summed E-state index contributed by atoms with van der Waals surface area (Å²) in [5, 5.41) is 0. The van der Waals surface area contributed by atoms with Crippen LogP contribution in [0.25, 0.3) is 10.2 Å². The number of hydrogen-bond acceptors (Lipinski definition) is 7. The number of ether oxygens (including phenoxy) is 1. The highest BCUT2D eigenvalue weighted by atomic mass is 32.2. The van der Waals surface area contributed by atoms with Crippen LogP contribution in [0.1, 0.15) is 23.2 Å². The summed E-state index contributed by atoms with van der Waals surface area (Å²) in [4.78, 5) is 30.4. The highest BCUT2D eigenvalue weighted by Gasteiger charge is 2.33. The third-order valence-corrected chi connectivity index (χ3v) is 9.45. The maximum Gasteiger partial charge on any atom is 0.337 e. The first-order chi connectivity index (χ1) is 16.8. The zero-order valence-corrected chi connectivity index (χ0v) is 22.0. The van der Waals surface area contributed by atoms with Crippen molar-refractivity contribution in [1.29, 1.82) is 0 Å². The molecule has 35 heavy (non-hydrogen) atoms. The van der Waals surface area contributed by atoms with Crippen molar-refractivity contribution in [2.24, 2.45) is 10.9 Å². The first-order valence-corrected chi connectivity index (χ1v) is 14.8. The summed E-state index contributed by atoms with van der Waals surface area (Å²) in [7, 11) is -2.33. The van der Waals surface area contributed by atoms with Crippen LogP contribution in [0.5, 0.6) is 0 Å². The number of methoxy groups -OCH3 is 1. The molecular weight excluding hydrogens is 506 g/mol. The Morgan fingerprint density at radius 2 is 1.97 bits per heavy atom.